The largest absolute Gasteiger partial charge is 0.266 e. The number of allylic oxidation sites excluding steroid dienone is 2. The normalized spacial score (nSPS) is 26.2. The molecule has 0 unspecified atom stereocenters. The summed E-state index contributed by atoms with van der Waals surface area (Å²) in [6, 6.07) is 0. The zero-order valence-electron chi connectivity index (χ0n) is 20.1. The van der Waals surface area contributed by atoms with Gasteiger partial charge in [-0.05, 0) is 74.9 Å². The molecule has 4 rings (SSSR count). The molecule has 2 aliphatic carbocycles. The van der Waals surface area contributed by atoms with Crippen LogP contribution < -0.4 is 0 Å². The Morgan fingerprint density at radius 2 is 1.00 bits per heavy atom. The minimum atomic E-state index is -0.209. The summed E-state index contributed by atoms with van der Waals surface area (Å²) >= 11 is 0. The molecule has 30 heavy (non-hydrogen) atoms. The van der Waals surface area contributed by atoms with Crippen molar-refractivity contribution in [2.45, 2.75) is 122 Å². The van der Waals surface area contributed by atoms with Gasteiger partial charge in [-0.3, -0.25) is 9.34 Å². The number of rotatable bonds is 7. The zero-order chi connectivity index (χ0) is 20.6. The van der Waals surface area contributed by atoms with E-state index in [-0.39, 0.29) is 8.22 Å². The molecular weight excluding hydrogens is 383 g/mol. The van der Waals surface area contributed by atoms with Gasteiger partial charge in [0, 0.05) is 26.2 Å². The molecule has 0 N–H and O–H groups in total. The maximum atomic E-state index is 3.01. The van der Waals surface area contributed by atoms with Crippen molar-refractivity contribution in [3.05, 3.63) is 10.9 Å². The molecule has 0 aromatic rings. The van der Waals surface area contributed by atoms with E-state index < -0.39 is 0 Å². The number of nitrogens with zero attached hydrogens (tertiary/aromatic N) is 2. The van der Waals surface area contributed by atoms with Crippen molar-refractivity contribution >= 4 is 8.22 Å². The van der Waals surface area contributed by atoms with Crippen molar-refractivity contribution < 1.29 is 0 Å². The molecule has 0 bridgehead atoms. The summed E-state index contributed by atoms with van der Waals surface area (Å²) in [5, 5.41) is 2.01. The third kappa shape index (κ3) is 5.90. The Labute approximate surface area is 189 Å². The maximum Gasteiger partial charge on any atom is 0.0681 e. The van der Waals surface area contributed by atoms with E-state index in [4.69, 9.17) is 0 Å². The van der Waals surface area contributed by atoms with Gasteiger partial charge in [-0.2, -0.15) is 0 Å². The average molecular weight is 433 g/mol. The molecule has 2 saturated carbocycles. The summed E-state index contributed by atoms with van der Waals surface area (Å²) in [6.45, 7) is 7.95. The molecule has 0 amide bonds. The van der Waals surface area contributed by atoms with Crippen molar-refractivity contribution in [1.82, 2.24) is 9.34 Å². The molecule has 2 heterocycles. The molecule has 3 heteroatoms. The molecule has 4 aliphatic rings. The fourth-order valence-electron chi connectivity index (χ4n) is 6.88. The van der Waals surface area contributed by atoms with Crippen molar-refractivity contribution in [3.63, 3.8) is 0 Å². The van der Waals surface area contributed by atoms with Gasteiger partial charge < -0.3 is 0 Å². The smallest absolute Gasteiger partial charge is 0.0681 e. The van der Waals surface area contributed by atoms with Crippen LogP contribution in [-0.4, -0.2) is 35.5 Å². The van der Waals surface area contributed by atoms with Gasteiger partial charge in [-0.25, -0.2) is 0 Å². The Morgan fingerprint density at radius 1 is 0.600 bits per heavy atom. The van der Waals surface area contributed by atoms with Crippen LogP contribution in [-0.2, 0) is 0 Å². The summed E-state index contributed by atoms with van der Waals surface area (Å²) in [6.07, 6.45) is 26.4. The van der Waals surface area contributed by atoms with Gasteiger partial charge in [0.2, 0.25) is 0 Å². The molecule has 0 spiro atoms. The molecule has 0 atom stereocenters. The van der Waals surface area contributed by atoms with Crippen molar-refractivity contribution in [1.29, 1.82) is 0 Å². The van der Waals surface area contributed by atoms with Crippen molar-refractivity contribution in [3.8, 4) is 0 Å². The SMILES string of the molecule is CCCC(=C(C1CCCCC1)C1CCCCC1)P(N1CCCCC1)N1CCCCC1. The molecule has 2 aliphatic heterocycles. The molecule has 0 radical (unpaired) electrons. The second-order valence-corrected chi connectivity index (χ2v) is 12.9. The fourth-order valence-corrected chi connectivity index (χ4v) is 10.3. The second-order valence-electron chi connectivity index (χ2n) is 10.6. The predicted molar refractivity (Wildman–Crippen MR) is 133 cm³/mol. The Kier molecular flexibility index (Phi) is 9.58. The van der Waals surface area contributed by atoms with Crippen LogP contribution in [0.3, 0.4) is 0 Å². The lowest BCUT2D eigenvalue weighted by Gasteiger charge is -2.46. The molecule has 172 valence electrons. The van der Waals surface area contributed by atoms with E-state index in [1.54, 1.807) is 0 Å². The Balaban J connectivity index is 1.73. The standard InChI is InChI=1S/C27H49N2P/c1-2-15-26(27(24-16-7-3-8-17-24)25-18-9-4-10-19-25)30(28-20-11-5-12-21-28)29-22-13-6-14-23-29/h24-25H,2-23H2,1H3. The Bertz CT molecular complexity index is 483. The average Bonchev–Trinajstić information content (AvgIpc) is 2.82. The minimum Gasteiger partial charge on any atom is -0.266 e. The molecule has 0 aromatic heterocycles. The van der Waals surface area contributed by atoms with Crippen LogP contribution >= 0.6 is 8.22 Å². The summed E-state index contributed by atoms with van der Waals surface area (Å²) in [4.78, 5) is 0. The Morgan fingerprint density at radius 3 is 1.40 bits per heavy atom. The van der Waals surface area contributed by atoms with Crippen LogP contribution in [0.2, 0.25) is 0 Å². The quantitative estimate of drug-likeness (QED) is 0.372. The lowest BCUT2D eigenvalue weighted by Crippen LogP contribution is -2.36. The summed E-state index contributed by atoms with van der Waals surface area (Å²) in [5.41, 5.74) is 2.05. The molecule has 0 aromatic carbocycles. The van der Waals surface area contributed by atoms with E-state index in [9.17, 15) is 0 Å². The highest BCUT2D eigenvalue weighted by Gasteiger charge is 2.36. The first-order chi connectivity index (χ1) is 14.9. The van der Waals surface area contributed by atoms with Crippen LogP contribution in [0.1, 0.15) is 122 Å². The van der Waals surface area contributed by atoms with Crippen LogP contribution in [0.5, 0.6) is 0 Å². The first kappa shape index (κ1) is 23.3. The van der Waals surface area contributed by atoms with Gasteiger partial charge in [-0.1, -0.05) is 70.3 Å². The minimum absolute atomic E-state index is 0.209. The second kappa shape index (κ2) is 12.4. The first-order valence-corrected chi connectivity index (χ1v) is 15.2. The lowest BCUT2D eigenvalue weighted by molar-refractivity contribution is 0.306. The van der Waals surface area contributed by atoms with Gasteiger partial charge in [0.15, 0.2) is 0 Å². The van der Waals surface area contributed by atoms with E-state index >= 15 is 0 Å². The van der Waals surface area contributed by atoms with Crippen LogP contribution in [0.4, 0.5) is 0 Å². The van der Waals surface area contributed by atoms with Gasteiger partial charge in [0.05, 0.1) is 8.22 Å². The molecular formula is C27H49N2P. The highest BCUT2D eigenvalue weighted by atomic mass is 31.1. The number of piperidine rings is 2. The van der Waals surface area contributed by atoms with Gasteiger partial charge in [0.1, 0.15) is 0 Å². The third-order valence-corrected chi connectivity index (χ3v) is 11.2. The van der Waals surface area contributed by atoms with E-state index in [2.05, 4.69) is 21.8 Å². The monoisotopic (exact) mass is 432 g/mol. The third-order valence-electron chi connectivity index (χ3n) is 8.35. The van der Waals surface area contributed by atoms with Gasteiger partial charge in [-0.15, -0.1) is 0 Å². The highest BCUT2D eigenvalue weighted by molar-refractivity contribution is 7.57. The van der Waals surface area contributed by atoms with Crippen LogP contribution in [0.25, 0.3) is 0 Å². The zero-order valence-corrected chi connectivity index (χ0v) is 20.9. The molecule has 4 fully saturated rings. The van der Waals surface area contributed by atoms with E-state index in [1.165, 1.54) is 142 Å². The lowest BCUT2D eigenvalue weighted by atomic mass is 9.73. The summed E-state index contributed by atoms with van der Waals surface area (Å²) in [5.74, 6) is 1.87. The van der Waals surface area contributed by atoms with Gasteiger partial charge >= 0.3 is 0 Å². The van der Waals surface area contributed by atoms with Crippen molar-refractivity contribution in [2.75, 3.05) is 26.2 Å². The Hall–Kier alpha value is 0.0900. The van der Waals surface area contributed by atoms with E-state index in [0.717, 1.165) is 11.8 Å². The number of hydrogen-bond acceptors (Lipinski definition) is 2. The number of hydrogen-bond donors (Lipinski definition) is 0. The summed E-state index contributed by atoms with van der Waals surface area (Å²) < 4.78 is 6.03. The highest BCUT2D eigenvalue weighted by Crippen LogP contribution is 2.59. The maximum absolute atomic E-state index is 3.01. The topological polar surface area (TPSA) is 6.48 Å². The van der Waals surface area contributed by atoms with Crippen LogP contribution in [0.15, 0.2) is 10.9 Å². The first-order valence-electron chi connectivity index (χ1n) is 13.9. The van der Waals surface area contributed by atoms with Crippen molar-refractivity contribution in [2.24, 2.45) is 11.8 Å². The summed E-state index contributed by atoms with van der Waals surface area (Å²) in [7, 11) is -0.209. The van der Waals surface area contributed by atoms with E-state index in [0.29, 0.717) is 0 Å². The molecule has 2 nitrogen and oxygen atoms in total. The predicted octanol–water partition coefficient (Wildman–Crippen LogP) is 8.48. The molecule has 2 saturated heterocycles. The van der Waals surface area contributed by atoms with E-state index in [1.807, 2.05) is 5.31 Å². The van der Waals surface area contributed by atoms with Gasteiger partial charge in [0.25, 0.3) is 0 Å². The van der Waals surface area contributed by atoms with Crippen LogP contribution in [0, 0.1) is 11.8 Å². The fraction of sp³-hybridized carbons (Fsp3) is 0.926.